The number of carbonyl (C=O) groups is 1. The Hall–Kier alpha value is -1.77. The number of unbranched alkanes of at least 4 members (excludes halogenated alkanes) is 6. The molecule has 1 unspecified atom stereocenters. The van der Waals surface area contributed by atoms with Crippen molar-refractivity contribution < 1.29 is 14.3 Å². The number of carbonyl (C=O) groups excluding carboxylic acids is 1. The highest BCUT2D eigenvalue weighted by Gasteiger charge is 2.34. The number of hydrogen-bond donors (Lipinski definition) is 0. The van der Waals surface area contributed by atoms with Gasteiger partial charge in [-0.25, -0.2) is 4.79 Å². The topological polar surface area (TPSA) is 35.5 Å². The van der Waals surface area contributed by atoms with E-state index in [-0.39, 0.29) is 12.2 Å². The predicted octanol–water partition coefficient (Wildman–Crippen LogP) is 5.74. The Labute approximate surface area is 139 Å². The highest BCUT2D eigenvalue weighted by molar-refractivity contribution is 5.63. The number of hydrogen-bond acceptors (Lipinski definition) is 3. The third kappa shape index (κ3) is 6.47. The molecule has 2 atom stereocenters. The first-order valence-corrected chi connectivity index (χ1v) is 8.90. The van der Waals surface area contributed by atoms with Crippen LogP contribution in [0.25, 0.3) is 6.08 Å². The van der Waals surface area contributed by atoms with Crippen molar-refractivity contribution >= 4 is 12.2 Å². The molecule has 1 aliphatic rings. The molecule has 23 heavy (non-hydrogen) atoms. The molecule has 0 bridgehead atoms. The summed E-state index contributed by atoms with van der Waals surface area (Å²) in [5.41, 5.74) is 1.10. The van der Waals surface area contributed by atoms with Crippen LogP contribution in [0, 0.1) is 0 Å². The average molecular weight is 316 g/mol. The Morgan fingerprint density at radius 3 is 2.39 bits per heavy atom. The van der Waals surface area contributed by atoms with Crippen LogP contribution in [0.5, 0.6) is 0 Å². The number of ether oxygens (including phenoxy) is 2. The van der Waals surface area contributed by atoms with E-state index in [1.165, 1.54) is 38.5 Å². The van der Waals surface area contributed by atoms with E-state index in [9.17, 15) is 4.79 Å². The van der Waals surface area contributed by atoms with Crippen LogP contribution in [0.4, 0.5) is 4.79 Å². The van der Waals surface area contributed by atoms with Crippen molar-refractivity contribution in [1.82, 2.24) is 0 Å². The molecule has 2 rings (SSSR count). The molecule has 0 saturated carbocycles. The summed E-state index contributed by atoms with van der Waals surface area (Å²) in [7, 11) is 0. The normalized spacial score (nSPS) is 20.7. The molecule has 3 nitrogen and oxygen atoms in total. The van der Waals surface area contributed by atoms with E-state index in [0.29, 0.717) is 0 Å². The van der Waals surface area contributed by atoms with Gasteiger partial charge in [0.2, 0.25) is 0 Å². The zero-order valence-corrected chi connectivity index (χ0v) is 14.1. The van der Waals surface area contributed by atoms with E-state index in [1.54, 1.807) is 0 Å². The Balaban J connectivity index is 1.72. The summed E-state index contributed by atoms with van der Waals surface area (Å²) in [4.78, 5) is 11.4. The summed E-state index contributed by atoms with van der Waals surface area (Å²) in [6.45, 7) is 2.23. The van der Waals surface area contributed by atoms with Crippen LogP contribution >= 0.6 is 0 Å². The monoisotopic (exact) mass is 316 g/mol. The second-order valence-corrected chi connectivity index (χ2v) is 6.17. The van der Waals surface area contributed by atoms with Gasteiger partial charge in [-0.2, -0.15) is 0 Å². The van der Waals surface area contributed by atoms with Gasteiger partial charge in [0.15, 0.2) is 6.10 Å². The first kappa shape index (κ1) is 17.6. The minimum Gasteiger partial charge on any atom is -0.427 e. The molecule has 3 heteroatoms. The molecular formula is C20H28O3. The fraction of sp³-hybridized carbons (Fsp3) is 0.550. The van der Waals surface area contributed by atoms with Crippen LogP contribution in [0.3, 0.4) is 0 Å². The van der Waals surface area contributed by atoms with Crippen LogP contribution in [-0.4, -0.2) is 18.4 Å². The molecule has 1 fully saturated rings. The second kappa shape index (κ2) is 10.1. The molecule has 1 aliphatic heterocycles. The van der Waals surface area contributed by atoms with E-state index >= 15 is 0 Å². The Kier molecular flexibility index (Phi) is 7.71. The number of rotatable bonds is 10. The molecule has 1 saturated heterocycles. The van der Waals surface area contributed by atoms with Crippen LogP contribution in [0.15, 0.2) is 36.4 Å². The largest absolute Gasteiger partial charge is 0.509 e. The van der Waals surface area contributed by atoms with Crippen molar-refractivity contribution in [1.29, 1.82) is 0 Å². The maximum atomic E-state index is 11.4. The third-order valence-corrected chi connectivity index (χ3v) is 4.22. The molecule has 0 aromatic heterocycles. The number of cyclic esters (lactones) is 2. The Bertz CT molecular complexity index is 481. The molecule has 1 aromatic carbocycles. The van der Waals surface area contributed by atoms with E-state index in [4.69, 9.17) is 9.47 Å². The summed E-state index contributed by atoms with van der Waals surface area (Å²) in [6.07, 6.45) is 12.7. The molecule has 0 N–H and O–H groups in total. The fourth-order valence-electron chi connectivity index (χ4n) is 2.86. The summed E-state index contributed by atoms with van der Waals surface area (Å²) in [6, 6.07) is 10.0. The predicted molar refractivity (Wildman–Crippen MR) is 93.2 cm³/mol. The van der Waals surface area contributed by atoms with Gasteiger partial charge in [0.25, 0.3) is 0 Å². The van der Waals surface area contributed by atoms with Crippen molar-refractivity contribution in [3.05, 3.63) is 42.0 Å². The summed E-state index contributed by atoms with van der Waals surface area (Å²) >= 11 is 0. The standard InChI is InChI=1S/C20H28O3/c1-2-3-4-5-6-7-11-14-18-19(23-20(21)22-18)16-15-17-12-9-8-10-13-17/h8-10,12-13,15-16,18-19H,2-7,11,14H2,1H3/b16-15+/t18-,19?/m1/s1. The van der Waals surface area contributed by atoms with E-state index in [1.807, 2.05) is 42.5 Å². The van der Waals surface area contributed by atoms with Crippen LogP contribution in [0.2, 0.25) is 0 Å². The number of benzene rings is 1. The van der Waals surface area contributed by atoms with E-state index < -0.39 is 6.16 Å². The van der Waals surface area contributed by atoms with Gasteiger partial charge >= 0.3 is 6.16 Å². The van der Waals surface area contributed by atoms with E-state index in [0.717, 1.165) is 18.4 Å². The zero-order chi connectivity index (χ0) is 16.3. The minimum atomic E-state index is -0.541. The molecule has 0 amide bonds. The van der Waals surface area contributed by atoms with Gasteiger partial charge in [-0.05, 0) is 24.5 Å². The summed E-state index contributed by atoms with van der Waals surface area (Å²) in [5.74, 6) is 0. The molecule has 1 aromatic rings. The zero-order valence-electron chi connectivity index (χ0n) is 14.1. The van der Waals surface area contributed by atoms with Gasteiger partial charge in [0, 0.05) is 0 Å². The second-order valence-electron chi connectivity index (χ2n) is 6.17. The highest BCUT2D eigenvalue weighted by Crippen LogP contribution is 2.23. The van der Waals surface area contributed by atoms with Gasteiger partial charge in [0.1, 0.15) is 6.10 Å². The highest BCUT2D eigenvalue weighted by atomic mass is 16.8. The third-order valence-electron chi connectivity index (χ3n) is 4.22. The van der Waals surface area contributed by atoms with Crippen LogP contribution < -0.4 is 0 Å². The maximum absolute atomic E-state index is 11.4. The van der Waals surface area contributed by atoms with Gasteiger partial charge < -0.3 is 9.47 Å². The van der Waals surface area contributed by atoms with Gasteiger partial charge in [-0.15, -0.1) is 0 Å². The lowest BCUT2D eigenvalue weighted by atomic mass is 10.0. The smallest absolute Gasteiger partial charge is 0.427 e. The lowest BCUT2D eigenvalue weighted by Gasteiger charge is -2.11. The summed E-state index contributed by atoms with van der Waals surface area (Å²) in [5, 5.41) is 0. The van der Waals surface area contributed by atoms with Gasteiger partial charge in [0.05, 0.1) is 0 Å². The fourth-order valence-corrected chi connectivity index (χ4v) is 2.86. The maximum Gasteiger partial charge on any atom is 0.509 e. The molecule has 0 spiro atoms. The van der Waals surface area contributed by atoms with Crippen molar-refractivity contribution in [3.8, 4) is 0 Å². The van der Waals surface area contributed by atoms with Crippen molar-refractivity contribution in [2.75, 3.05) is 0 Å². The summed E-state index contributed by atoms with van der Waals surface area (Å²) < 4.78 is 10.6. The van der Waals surface area contributed by atoms with Gasteiger partial charge in [-0.1, -0.05) is 81.9 Å². The first-order chi connectivity index (χ1) is 11.3. The van der Waals surface area contributed by atoms with Crippen LogP contribution in [0.1, 0.15) is 63.9 Å². The Morgan fingerprint density at radius 1 is 0.957 bits per heavy atom. The first-order valence-electron chi connectivity index (χ1n) is 8.90. The quantitative estimate of drug-likeness (QED) is 0.407. The minimum absolute atomic E-state index is 0.141. The lowest BCUT2D eigenvalue weighted by Crippen LogP contribution is -2.20. The van der Waals surface area contributed by atoms with Crippen LogP contribution in [-0.2, 0) is 9.47 Å². The lowest BCUT2D eigenvalue weighted by molar-refractivity contribution is 0.115. The molecule has 0 aliphatic carbocycles. The molecule has 0 radical (unpaired) electrons. The van der Waals surface area contributed by atoms with E-state index in [2.05, 4.69) is 6.92 Å². The molecule has 126 valence electrons. The van der Waals surface area contributed by atoms with Gasteiger partial charge in [-0.3, -0.25) is 0 Å². The average Bonchev–Trinajstić information content (AvgIpc) is 2.93. The molecular weight excluding hydrogens is 288 g/mol. The van der Waals surface area contributed by atoms with Crippen molar-refractivity contribution in [2.24, 2.45) is 0 Å². The van der Waals surface area contributed by atoms with Crippen molar-refractivity contribution in [3.63, 3.8) is 0 Å². The van der Waals surface area contributed by atoms with Crippen molar-refractivity contribution in [2.45, 2.75) is 70.5 Å². The Morgan fingerprint density at radius 2 is 1.65 bits per heavy atom. The SMILES string of the molecule is CCCCCCCCC[C@H]1OC(=O)OC1/C=C/c1ccccc1. The molecule has 1 heterocycles.